The van der Waals surface area contributed by atoms with Gasteiger partial charge in [0, 0.05) is 11.4 Å². The van der Waals surface area contributed by atoms with Gasteiger partial charge in [-0.2, -0.15) is 0 Å². The second-order valence-corrected chi connectivity index (χ2v) is 6.86. The fourth-order valence-electron chi connectivity index (χ4n) is 2.13. The van der Waals surface area contributed by atoms with Crippen molar-refractivity contribution in [3.05, 3.63) is 45.1 Å². The van der Waals surface area contributed by atoms with Gasteiger partial charge >= 0.3 is 0 Å². The van der Waals surface area contributed by atoms with Gasteiger partial charge in [-0.15, -0.1) is 11.3 Å². The van der Waals surface area contributed by atoms with E-state index in [2.05, 4.69) is 0 Å². The average molecular weight is 354 g/mol. The summed E-state index contributed by atoms with van der Waals surface area (Å²) in [6.07, 6.45) is 0. The predicted molar refractivity (Wildman–Crippen MR) is 93.6 cm³/mol. The van der Waals surface area contributed by atoms with Crippen LogP contribution in [0.2, 0.25) is 4.34 Å². The van der Waals surface area contributed by atoms with E-state index >= 15 is 0 Å². The molecule has 0 N–H and O–H groups in total. The fourth-order valence-corrected chi connectivity index (χ4v) is 3.23. The van der Waals surface area contributed by atoms with Crippen molar-refractivity contribution in [2.24, 2.45) is 0 Å². The monoisotopic (exact) mass is 353 g/mol. The highest BCUT2D eigenvalue weighted by molar-refractivity contribution is 7.16. The summed E-state index contributed by atoms with van der Waals surface area (Å²) in [5.41, 5.74) is 1.07. The molecule has 1 heterocycles. The van der Waals surface area contributed by atoms with Crippen molar-refractivity contribution in [2.45, 2.75) is 20.4 Å². The summed E-state index contributed by atoms with van der Waals surface area (Å²) in [7, 11) is 1.59. The van der Waals surface area contributed by atoms with Crippen LogP contribution in [0.25, 0.3) is 0 Å². The minimum atomic E-state index is -0.0698. The number of halogens is 1. The summed E-state index contributed by atoms with van der Waals surface area (Å²) in [4.78, 5) is 15.1. The van der Waals surface area contributed by atoms with E-state index in [-0.39, 0.29) is 12.5 Å². The molecule has 4 nitrogen and oxygen atoms in total. The summed E-state index contributed by atoms with van der Waals surface area (Å²) >= 11 is 7.41. The van der Waals surface area contributed by atoms with Gasteiger partial charge in [-0.05, 0) is 43.7 Å². The number of rotatable bonds is 7. The van der Waals surface area contributed by atoms with Crippen LogP contribution in [0.5, 0.6) is 11.5 Å². The number of hydrogen-bond acceptors (Lipinski definition) is 4. The van der Waals surface area contributed by atoms with E-state index in [0.29, 0.717) is 24.6 Å². The molecule has 0 atom stereocenters. The molecule has 0 aliphatic carbocycles. The number of carbonyl (C=O) groups is 1. The highest BCUT2D eigenvalue weighted by Crippen LogP contribution is 2.28. The van der Waals surface area contributed by atoms with Crippen LogP contribution in [0.15, 0.2) is 30.3 Å². The van der Waals surface area contributed by atoms with Crippen LogP contribution in [-0.4, -0.2) is 31.1 Å². The third kappa shape index (κ3) is 4.88. The van der Waals surface area contributed by atoms with Crippen molar-refractivity contribution < 1.29 is 14.3 Å². The van der Waals surface area contributed by atoms with E-state index in [1.165, 1.54) is 11.3 Å². The van der Waals surface area contributed by atoms with Crippen LogP contribution in [0.4, 0.5) is 0 Å². The van der Waals surface area contributed by atoms with Crippen LogP contribution in [0, 0.1) is 6.92 Å². The minimum Gasteiger partial charge on any atom is -0.493 e. The van der Waals surface area contributed by atoms with Crippen molar-refractivity contribution in [1.82, 2.24) is 4.90 Å². The molecule has 0 saturated carbocycles. The number of nitrogens with zero attached hydrogens (tertiary/aromatic N) is 1. The van der Waals surface area contributed by atoms with Crippen LogP contribution in [-0.2, 0) is 11.3 Å². The summed E-state index contributed by atoms with van der Waals surface area (Å²) in [5, 5.41) is 0. The topological polar surface area (TPSA) is 38.8 Å². The van der Waals surface area contributed by atoms with Crippen LogP contribution in [0.3, 0.4) is 0 Å². The number of benzene rings is 1. The number of thiophene rings is 1. The zero-order valence-corrected chi connectivity index (χ0v) is 15.0. The van der Waals surface area contributed by atoms with Crippen LogP contribution in [0.1, 0.15) is 17.4 Å². The molecule has 23 heavy (non-hydrogen) atoms. The van der Waals surface area contributed by atoms with Crippen LogP contribution >= 0.6 is 22.9 Å². The van der Waals surface area contributed by atoms with Gasteiger partial charge in [0.25, 0.3) is 5.91 Å². The molecule has 0 bridgehead atoms. The molecule has 6 heteroatoms. The molecule has 0 saturated heterocycles. The normalized spacial score (nSPS) is 10.4. The number of likely N-dealkylation sites (N-methyl/N-ethyl adjacent to an activating group) is 1. The lowest BCUT2D eigenvalue weighted by Crippen LogP contribution is -2.34. The van der Waals surface area contributed by atoms with Crippen molar-refractivity contribution in [3.8, 4) is 11.5 Å². The van der Waals surface area contributed by atoms with Gasteiger partial charge in [-0.25, -0.2) is 0 Å². The van der Waals surface area contributed by atoms with Crippen LogP contribution < -0.4 is 9.47 Å². The Kier molecular flexibility index (Phi) is 6.30. The van der Waals surface area contributed by atoms with Gasteiger partial charge in [0.15, 0.2) is 18.1 Å². The second-order valence-electron chi connectivity index (χ2n) is 5.06. The SMILES string of the molecule is CCN(Cc1ccc(Cl)s1)C(=O)COc1ccc(C)cc1OC. The Morgan fingerprint density at radius 2 is 2.04 bits per heavy atom. The third-order valence-electron chi connectivity index (χ3n) is 3.38. The molecule has 2 aromatic rings. The first-order valence-electron chi connectivity index (χ1n) is 7.33. The van der Waals surface area contributed by atoms with Gasteiger partial charge < -0.3 is 14.4 Å². The number of carbonyl (C=O) groups excluding carboxylic acids is 1. The lowest BCUT2D eigenvalue weighted by molar-refractivity contribution is -0.133. The zero-order valence-electron chi connectivity index (χ0n) is 13.5. The average Bonchev–Trinajstić information content (AvgIpc) is 2.96. The molecule has 0 fully saturated rings. The third-order valence-corrected chi connectivity index (χ3v) is 4.60. The summed E-state index contributed by atoms with van der Waals surface area (Å²) < 4.78 is 11.6. The molecular formula is C17H20ClNO3S. The van der Waals surface area contributed by atoms with E-state index in [0.717, 1.165) is 14.8 Å². The Balaban J connectivity index is 1.97. The Morgan fingerprint density at radius 1 is 1.26 bits per heavy atom. The highest BCUT2D eigenvalue weighted by Gasteiger charge is 2.15. The minimum absolute atomic E-state index is 0.0215. The summed E-state index contributed by atoms with van der Waals surface area (Å²) in [6.45, 7) is 5.05. The summed E-state index contributed by atoms with van der Waals surface area (Å²) in [5.74, 6) is 1.13. The maximum atomic E-state index is 12.4. The smallest absolute Gasteiger partial charge is 0.260 e. The largest absolute Gasteiger partial charge is 0.493 e. The van der Waals surface area contributed by atoms with E-state index in [9.17, 15) is 4.79 Å². The van der Waals surface area contributed by atoms with Crippen molar-refractivity contribution >= 4 is 28.8 Å². The van der Waals surface area contributed by atoms with Crippen molar-refractivity contribution in [3.63, 3.8) is 0 Å². The standard InChI is InChI=1S/C17H20ClNO3S/c1-4-19(10-13-6-8-16(18)23-13)17(20)11-22-14-7-5-12(2)9-15(14)21-3/h5-9H,4,10-11H2,1-3H3. The molecule has 1 aromatic carbocycles. The molecular weight excluding hydrogens is 334 g/mol. The molecule has 124 valence electrons. The van der Waals surface area contributed by atoms with E-state index < -0.39 is 0 Å². The highest BCUT2D eigenvalue weighted by atomic mass is 35.5. The zero-order chi connectivity index (χ0) is 16.8. The number of amides is 1. The predicted octanol–water partition coefficient (Wildman–Crippen LogP) is 4.15. The molecule has 0 unspecified atom stereocenters. The first-order valence-corrected chi connectivity index (χ1v) is 8.52. The van der Waals surface area contributed by atoms with E-state index in [4.69, 9.17) is 21.1 Å². The lowest BCUT2D eigenvalue weighted by Gasteiger charge is -2.20. The molecule has 0 aliphatic heterocycles. The first-order chi connectivity index (χ1) is 11.0. The van der Waals surface area contributed by atoms with Gasteiger partial charge in [0.05, 0.1) is 18.0 Å². The van der Waals surface area contributed by atoms with Crippen molar-refractivity contribution in [2.75, 3.05) is 20.3 Å². The lowest BCUT2D eigenvalue weighted by atomic mass is 10.2. The first kappa shape index (κ1) is 17.6. The maximum Gasteiger partial charge on any atom is 0.260 e. The Labute approximate surface area is 145 Å². The maximum absolute atomic E-state index is 12.4. The molecule has 2 rings (SSSR count). The number of aryl methyl sites for hydroxylation is 1. The molecule has 1 amide bonds. The molecule has 0 radical (unpaired) electrons. The molecule has 0 spiro atoms. The number of hydrogen-bond donors (Lipinski definition) is 0. The Hall–Kier alpha value is -1.72. The Morgan fingerprint density at radius 3 is 2.65 bits per heavy atom. The molecule has 1 aromatic heterocycles. The van der Waals surface area contributed by atoms with Gasteiger partial charge in [-0.3, -0.25) is 4.79 Å². The van der Waals surface area contributed by atoms with E-state index in [1.807, 2.05) is 44.2 Å². The van der Waals surface area contributed by atoms with Gasteiger partial charge in [-0.1, -0.05) is 17.7 Å². The summed E-state index contributed by atoms with van der Waals surface area (Å²) in [6, 6.07) is 9.40. The second kappa shape index (κ2) is 8.22. The Bertz CT molecular complexity index is 672. The van der Waals surface area contributed by atoms with Gasteiger partial charge in [0.2, 0.25) is 0 Å². The van der Waals surface area contributed by atoms with Gasteiger partial charge in [0.1, 0.15) is 0 Å². The quantitative estimate of drug-likeness (QED) is 0.750. The fraction of sp³-hybridized carbons (Fsp3) is 0.353. The molecule has 0 aliphatic rings. The van der Waals surface area contributed by atoms with Crippen molar-refractivity contribution in [1.29, 1.82) is 0 Å². The number of ether oxygens (including phenoxy) is 2. The van der Waals surface area contributed by atoms with E-state index in [1.54, 1.807) is 12.0 Å². The number of methoxy groups -OCH3 is 1.